The van der Waals surface area contributed by atoms with Crippen molar-refractivity contribution in [3.05, 3.63) is 76.1 Å². The summed E-state index contributed by atoms with van der Waals surface area (Å²) in [5, 5.41) is 6.80. The summed E-state index contributed by atoms with van der Waals surface area (Å²) in [5.74, 6) is 1.57. The Morgan fingerprint density at radius 1 is 1.17 bits per heavy atom. The number of furan rings is 1. The Bertz CT molecular complexity index is 842. The highest BCUT2D eigenvalue weighted by molar-refractivity contribution is 5.91. The van der Waals surface area contributed by atoms with Crippen molar-refractivity contribution in [3.63, 3.8) is 0 Å². The summed E-state index contributed by atoms with van der Waals surface area (Å²) in [4.78, 5) is 12.2. The molecule has 0 aliphatic heterocycles. The number of nitrogens with one attached hydrogen (secondary N) is 1. The van der Waals surface area contributed by atoms with E-state index < -0.39 is 0 Å². The molecular weight excluding hydrogens is 304 g/mol. The number of carbonyl (C=O) groups excluding carboxylic acids is 1. The molecule has 0 aliphatic carbocycles. The lowest BCUT2D eigenvalue weighted by Gasteiger charge is -2.04. The van der Waals surface area contributed by atoms with E-state index in [1.54, 1.807) is 6.07 Å². The van der Waals surface area contributed by atoms with Gasteiger partial charge in [0.25, 0.3) is 5.91 Å². The molecule has 0 saturated heterocycles. The molecular formula is C19H20N2O3. The van der Waals surface area contributed by atoms with E-state index in [2.05, 4.69) is 10.5 Å². The standard InChI is InChI=1S/C19H20N2O3/c1-12-5-4-6-15(9-12)11-20-19(22)18-8-7-16(23-18)10-17-13(2)21-24-14(17)3/h4-9H,10-11H2,1-3H3,(H,20,22). The number of nitrogens with zero attached hydrogens (tertiary/aromatic N) is 1. The van der Waals surface area contributed by atoms with E-state index in [0.29, 0.717) is 24.5 Å². The smallest absolute Gasteiger partial charge is 0.287 e. The fourth-order valence-electron chi connectivity index (χ4n) is 2.62. The SMILES string of the molecule is Cc1cccc(CNC(=O)c2ccc(Cc3c(C)noc3C)o2)c1. The monoisotopic (exact) mass is 324 g/mol. The molecule has 0 saturated carbocycles. The van der Waals surface area contributed by atoms with Crippen LogP contribution in [0.4, 0.5) is 0 Å². The number of amides is 1. The Balaban J connectivity index is 1.63. The maximum absolute atomic E-state index is 12.2. The summed E-state index contributed by atoms with van der Waals surface area (Å²) in [6.07, 6.45) is 0.562. The van der Waals surface area contributed by atoms with Crippen LogP contribution < -0.4 is 5.32 Å². The molecule has 3 aromatic rings. The van der Waals surface area contributed by atoms with Crippen LogP contribution in [0, 0.1) is 20.8 Å². The molecule has 0 bridgehead atoms. The van der Waals surface area contributed by atoms with Gasteiger partial charge in [0.05, 0.1) is 5.69 Å². The first-order chi connectivity index (χ1) is 11.5. The number of aromatic nitrogens is 1. The first kappa shape index (κ1) is 16.1. The summed E-state index contributed by atoms with van der Waals surface area (Å²) >= 11 is 0. The van der Waals surface area contributed by atoms with Gasteiger partial charge in [-0.15, -0.1) is 0 Å². The molecule has 0 aliphatic rings. The summed E-state index contributed by atoms with van der Waals surface area (Å²) in [7, 11) is 0. The highest BCUT2D eigenvalue weighted by atomic mass is 16.5. The van der Waals surface area contributed by atoms with Gasteiger partial charge >= 0.3 is 0 Å². The second kappa shape index (κ2) is 6.74. The zero-order chi connectivity index (χ0) is 17.1. The third-order valence-electron chi connectivity index (χ3n) is 3.95. The van der Waals surface area contributed by atoms with Gasteiger partial charge in [0, 0.05) is 18.5 Å². The molecule has 1 aromatic carbocycles. The van der Waals surface area contributed by atoms with Crippen LogP contribution in [0.5, 0.6) is 0 Å². The third-order valence-corrected chi connectivity index (χ3v) is 3.95. The first-order valence-corrected chi connectivity index (χ1v) is 7.87. The summed E-state index contributed by atoms with van der Waals surface area (Å²) in [6, 6.07) is 11.5. The average Bonchev–Trinajstić information content (AvgIpc) is 3.15. The van der Waals surface area contributed by atoms with E-state index >= 15 is 0 Å². The molecule has 0 fully saturated rings. The van der Waals surface area contributed by atoms with E-state index in [-0.39, 0.29) is 5.91 Å². The molecule has 1 amide bonds. The van der Waals surface area contributed by atoms with Crippen molar-refractivity contribution in [2.45, 2.75) is 33.7 Å². The third kappa shape index (κ3) is 3.56. The zero-order valence-electron chi connectivity index (χ0n) is 14.1. The number of aryl methyl sites for hydroxylation is 3. The summed E-state index contributed by atoms with van der Waals surface area (Å²) < 4.78 is 10.8. The van der Waals surface area contributed by atoms with Gasteiger partial charge in [0.1, 0.15) is 11.5 Å². The van der Waals surface area contributed by atoms with Crippen LogP contribution in [0.15, 0.2) is 45.3 Å². The van der Waals surface area contributed by atoms with Gasteiger partial charge < -0.3 is 14.3 Å². The number of rotatable bonds is 5. The van der Waals surface area contributed by atoms with Crippen molar-refractivity contribution in [2.24, 2.45) is 0 Å². The number of carbonyl (C=O) groups is 1. The van der Waals surface area contributed by atoms with Crippen molar-refractivity contribution >= 4 is 5.91 Å². The molecule has 2 heterocycles. The molecule has 0 spiro atoms. The van der Waals surface area contributed by atoms with Gasteiger partial charge in [-0.2, -0.15) is 0 Å². The number of hydrogen-bond acceptors (Lipinski definition) is 4. The summed E-state index contributed by atoms with van der Waals surface area (Å²) in [6.45, 7) is 6.26. The topological polar surface area (TPSA) is 68.3 Å². The van der Waals surface area contributed by atoms with Gasteiger partial charge in [0.15, 0.2) is 5.76 Å². The Morgan fingerprint density at radius 2 is 2.00 bits per heavy atom. The molecule has 0 atom stereocenters. The Kier molecular flexibility index (Phi) is 4.51. The number of hydrogen-bond donors (Lipinski definition) is 1. The van der Waals surface area contributed by atoms with E-state index in [1.807, 2.05) is 51.1 Å². The Hall–Kier alpha value is -2.82. The van der Waals surface area contributed by atoms with Crippen LogP contribution in [0.3, 0.4) is 0 Å². The Morgan fingerprint density at radius 3 is 2.71 bits per heavy atom. The molecule has 24 heavy (non-hydrogen) atoms. The minimum Gasteiger partial charge on any atom is -0.456 e. The molecule has 5 nitrogen and oxygen atoms in total. The van der Waals surface area contributed by atoms with Gasteiger partial charge in [-0.05, 0) is 38.5 Å². The molecule has 5 heteroatoms. The van der Waals surface area contributed by atoms with E-state index in [9.17, 15) is 4.79 Å². The maximum Gasteiger partial charge on any atom is 0.287 e. The van der Waals surface area contributed by atoms with E-state index in [0.717, 1.165) is 22.6 Å². The average molecular weight is 324 g/mol. The first-order valence-electron chi connectivity index (χ1n) is 7.87. The Labute approximate surface area is 140 Å². The summed E-state index contributed by atoms with van der Waals surface area (Å²) in [5.41, 5.74) is 4.07. The van der Waals surface area contributed by atoms with Crippen LogP contribution in [0.2, 0.25) is 0 Å². The van der Waals surface area contributed by atoms with Crippen LogP contribution >= 0.6 is 0 Å². The molecule has 0 radical (unpaired) electrons. The predicted octanol–water partition coefficient (Wildman–Crippen LogP) is 3.71. The lowest BCUT2D eigenvalue weighted by atomic mass is 10.1. The van der Waals surface area contributed by atoms with Crippen LogP contribution in [-0.4, -0.2) is 11.1 Å². The molecule has 124 valence electrons. The molecule has 1 N–H and O–H groups in total. The second-order valence-electron chi connectivity index (χ2n) is 5.92. The van der Waals surface area contributed by atoms with E-state index in [4.69, 9.17) is 8.94 Å². The van der Waals surface area contributed by atoms with Crippen molar-refractivity contribution in [2.75, 3.05) is 0 Å². The maximum atomic E-state index is 12.2. The van der Waals surface area contributed by atoms with Gasteiger partial charge in [0.2, 0.25) is 0 Å². The number of benzene rings is 1. The quantitative estimate of drug-likeness (QED) is 0.777. The fraction of sp³-hybridized carbons (Fsp3) is 0.263. The molecule has 0 unspecified atom stereocenters. The van der Waals surface area contributed by atoms with Gasteiger partial charge in [-0.3, -0.25) is 4.79 Å². The molecule has 3 rings (SSSR count). The van der Waals surface area contributed by atoms with Crippen LogP contribution in [0.25, 0.3) is 0 Å². The van der Waals surface area contributed by atoms with Crippen molar-refractivity contribution < 1.29 is 13.7 Å². The predicted molar refractivity (Wildman–Crippen MR) is 89.8 cm³/mol. The normalized spacial score (nSPS) is 10.8. The fourth-order valence-corrected chi connectivity index (χ4v) is 2.62. The van der Waals surface area contributed by atoms with Gasteiger partial charge in [-0.25, -0.2) is 0 Å². The molecule has 2 aromatic heterocycles. The van der Waals surface area contributed by atoms with Crippen LogP contribution in [-0.2, 0) is 13.0 Å². The second-order valence-corrected chi connectivity index (χ2v) is 5.92. The van der Waals surface area contributed by atoms with Crippen molar-refractivity contribution in [3.8, 4) is 0 Å². The highest BCUT2D eigenvalue weighted by Crippen LogP contribution is 2.19. The zero-order valence-corrected chi connectivity index (χ0v) is 14.1. The van der Waals surface area contributed by atoms with E-state index in [1.165, 1.54) is 5.56 Å². The van der Waals surface area contributed by atoms with Crippen molar-refractivity contribution in [1.82, 2.24) is 10.5 Å². The van der Waals surface area contributed by atoms with Gasteiger partial charge in [-0.1, -0.05) is 35.0 Å². The lowest BCUT2D eigenvalue weighted by molar-refractivity contribution is 0.0921. The van der Waals surface area contributed by atoms with Crippen molar-refractivity contribution in [1.29, 1.82) is 0 Å². The largest absolute Gasteiger partial charge is 0.456 e. The minimum atomic E-state index is -0.221. The van der Waals surface area contributed by atoms with Crippen LogP contribution in [0.1, 0.15) is 44.5 Å². The minimum absolute atomic E-state index is 0.221. The lowest BCUT2D eigenvalue weighted by Crippen LogP contribution is -2.22. The highest BCUT2D eigenvalue weighted by Gasteiger charge is 2.15.